The molecule has 0 unspecified atom stereocenters. The van der Waals surface area contributed by atoms with Gasteiger partial charge >= 0.3 is 7.12 Å². The van der Waals surface area contributed by atoms with Crippen LogP contribution < -0.4 is 10.2 Å². The van der Waals surface area contributed by atoms with Crippen LogP contribution in [0.25, 0.3) is 22.1 Å². The maximum absolute atomic E-state index is 6.06. The van der Waals surface area contributed by atoms with E-state index < -0.39 is 0 Å². The Bertz CT molecular complexity index is 1570. The van der Waals surface area contributed by atoms with Crippen LogP contribution in [0.2, 0.25) is 0 Å². The van der Waals surface area contributed by atoms with Crippen molar-refractivity contribution in [2.45, 2.75) is 65.3 Å². The van der Waals surface area contributed by atoms with Crippen molar-refractivity contribution in [3.8, 4) is 27.8 Å². The minimum Gasteiger partial charge on any atom is -0.492 e. The van der Waals surface area contributed by atoms with E-state index in [0.717, 1.165) is 90.1 Å². The van der Waals surface area contributed by atoms with Gasteiger partial charge in [0.15, 0.2) is 10.8 Å². The Morgan fingerprint density at radius 3 is 2.55 bits per heavy atom. The van der Waals surface area contributed by atoms with E-state index in [4.69, 9.17) is 23.8 Å². The molecule has 0 amide bonds. The van der Waals surface area contributed by atoms with Crippen LogP contribution in [-0.2, 0) is 33.6 Å². The van der Waals surface area contributed by atoms with Gasteiger partial charge in [0.1, 0.15) is 12.1 Å². The largest absolute Gasteiger partial charge is 0.498 e. The van der Waals surface area contributed by atoms with E-state index in [9.17, 15) is 0 Å². The van der Waals surface area contributed by atoms with Crippen LogP contribution in [0.5, 0.6) is 5.75 Å². The number of ether oxygens (including phenoxy) is 2. The maximum Gasteiger partial charge on any atom is 0.498 e. The third-order valence-electron chi connectivity index (χ3n) is 8.52. The summed E-state index contributed by atoms with van der Waals surface area (Å²) < 4.78 is 28.2. The second kappa shape index (κ2) is 13.0. The molecule has 2 saturated heterocycles. The van der Waals surface area contributed by atoms with E-state index in [1.165, 1.54) is 4.88 Å². The summed E-state index contributed by atoms with van der Waals surface area (Å²) in [6, 6.07) is 6.07. The highest BCUT2D eigenvalue weighted by Crippen LogP contribution is 2.41. The Morgan fingerprint density at radius 1 is 1.02 bits per heavy atom. The molecule has 44 heavy (non-hydrogen) atoms. The molecule has 3 aromatic heterocycles. The molecule has 234 valence electrons. The van der Waals surface area contributed by atoms with Gasteiger partial charge in [-0.3, -0.25) is 9.58 Å². The van der Waals surface area contributed by atoms with Gasteiger partial charge in [-0.2, -0.15) is 10.2 Å². The molecule has 6 heterocycles. The summed E-state index contributed by atoms with van der Waals surface area (Å²) in [5.41, 5.74) is 2.41. The van der Waals surface area contributed by atoms with Gasteiger partial charge < -0.3 is 18.8 Å². The molecule has 0 N–H and O–H groups in total. The monoisotopic (exact) mass is 683 g/mol. The van der Waals surface area contributed by atoms with Crippen LogP contribution in [0, 0.1) is 0 Å². The lowest BCUT2D eigenvalue weighted by Gasteiger charge is -2.32. The molecule has 0 radical (unpaired) electrons. The van der Waals surface area contributed by atoms with Gasteiger partial charge in [-0.05, 0) is 52.8 Å². The third kappa shape index (κ3) is 6.65. The van der Waals surface area contributed by atoms with Crippen molar-refractivity contribution in [3.05, 3.63) is 46.3 Å². The van der Waals surface area contributed by atoms with Crippen molar-refractivity contribution in [1.82, 2.24) is 34.4 Å². The Hall–Kier alpha value is -2.62. The molecule has 11 nitrogen and oxygen atoms in total. The maximum atomic E-state index is 6.06. The van der Waals surface area contributed by atoms with Gasteiger partial charge in [-0.1, -0.05) is 15.9 Å². The number of rotatable bonds is 6. The van der Waals surface area contributed by atoms with Gasteiger partial charge in [0.2, 0.25) is 0 Å². The average Bonchev–Trinajstić information content (AvgIpc) is 3.78. The van der Waals surface area contributed by atoms with E-state index in [0.29, 0.717) is 6.61 Å². The summed E-state index contributed by atoms with van der Waals surface area (Å²) in [6.07, 6.45) is 6.32. The Labute approximate surface area is 271 Å². The minimum atomic E-state index is -0.331. The van der Waals surface area contributed by atoms with Crippen molar-refractivity contribution in [2.75, 3.05) is 39.5 Å². The summed E-state index contributed by atoms with van der Waals surface area (Å²) in [4.78, 5) is 12.8. The number of benzene rings is 1. The standard InChI is InChI=1S/C15H26BN3O3.C15H13BrN4OS/c1-14(2)15(3,4)22-16(21-14)13-11-17-19(12-13)6-5-18-7-9-20-10-8-18;1-2-20-14(17-8-18-20)15-19-13-10-4-3-9(16)7-11(10)21-6-5-12(13)22-15/h11-12H,5-10H2,1-4H3;3-4,7-8H,2,5-6H2,1H3. The van der Waals surface area contributed by atoms with E-state index in [1.807, 2.05) is 33.9 Å². The summed E-state index contributed by atoms with van der Waals surface area (Å²) in [5, 5.41) is 9.59. The topological polar surface area (TPSA) is 102 Å². The summed E-state index contributed by atoms with van der Waals surface area (Å²) in [7, 11) is -0.331. The molecule has 14 heteroatoms. The first-order chi connectivity index (χ1) is 21.1. The Kier molecular flexibility index (Phi) is 9.28. The molecule has 0 saturated carbocycles. The number of halogens is 1. The number of nitrogens with zero attached hydrogens (tertiary/aromatic N) is 7. The van der Waals surface area contributed by atoms with Gasteiger partial charge in [-0.15, -0.1) is 11.3 Å². The fourth-order valence-corrected chi connectivity index (χ4v) is 6.62. The van der Waals surface area contributed by atoms with E-state index in [-0.39, 0.29) is 18.3 Å². The van der Waals surface area contributed by atoms with E-state index in [1.54, 1.807) is 17.7 Å². The molecular weight excluding hydrogens is 645 g/mol. The third-order valence-corrected chi connectivity index (χ3v) is 10.1. The van der Waals surface area contributed by atoms with Crippen LogP contribution in [0.3, 0.4) is 0 Å². The summed E-state index contributed by atoms with van der Waals surface area (Å²) in [6.45, 7) is 17.3. The Morgan fingerprint density at radius 2 is 1.80 bits per heavy atom. The predicted molar refractivity (Wildman–Crippen MR) is 174 cm³/mol. The molecular formula is C30H39BBrN7O4S. The zero-order valence-electron chi connectivity index (χ0n) is 26.0. The van der Waals surface area contributed by atoms with Crippen molar-refractivity contribution in [2.24, 2.45) is 0 Å². The van der Waals surface area contributed by atoms with Crippen molar-refractivity contribution in [1.29, 1.82) is 0 Å². The summed E-state index contributed by atoms with van der Waals surface area (Å²) >= 11 is 5.17. The first kappa shape index (κ1) is 31.4. The molecule has 7 rings (SSSR count). The fraction of sp³-hybridized carbons (Fsp3) is 0.533. The highest BCUT2D eigenvalue weighted by atomic mass is 79.9. The van der Waals surface area contributed by atoms with Crippen LogP contribution in [-0.4, -0.2) is 92.2 Å². The number of thiazole rings is 1. The second-order valence-electron chi connectivity index (χ2n) is 12.0. The van der Waals surface area contributed by atoms with Crippen LogP contribution in [0.4, 0.5) is 0 Å². The number of hydrogen-bond donors (Lipinski definition) is 0. The SMILES string of the molecule is CC1(C)OB(c2cnn(CCN3CCOCC3)c2)OC1(C)C.CCn1ncnc1-c1nc2c(s1)CCOc1cc(Br)ccc1-2. The zero-order chi connectivity index (χ0) is 30.9. The molecule has 3 aliphatic heterocycles. The van der Waals surface area contributed by atoms with Crippen LogP contribution >= 0.6 is 27.3 Å². The Balaban J connectivity index is 0.000000156. The molecule has 4 aromatic rings. The molecule has 0 bridgehead atoms. The highest BCUT2D eigenvalue weighted by molar-refractivity contribution is 9.10. The quantitative estimate of drug-likeness (QED) is 0.276. The fourth-order valence-electron chi connectivity index (χ4n) is 5.22. The zero-order valence-corrected chi connectivity index (χ0v) is 28.4. The van der Waals surface area contributed by atoms with E-state index >= 15 is 0 Å². The number of fused-ring (bicyclic) bond motifs is 3. The molecule has 3 aliphatic rings. The molecule has 1 aromatic carbocycles. The van der Waals surface area contributed by atoms with Gasteiger partial charge in [-0.25, -0.2) is 14.6 Å². The average molecular weight is 684 g/mol. The first-order valence-corrected chi connectivity index (χ1v) is 16.7. The lowest BCUT2D eigenvalue weighted by molar-refractivity contribution is 0.00578. The predicted octanol–water partition coefficient (Wildman–Crippen LogP) is 4.30. The van der Waals surface area contributed by atoms with Crippen LogP contribution in [0.15, 0.2) is 41.4 Å². The van der Waals surface area contributed by atoms with Crippen molar-refractivity contribution >= 4 is 39.8 Å². The van der Waals surface area contributed by atoms with Gasteiger partial charge in [0.25, 0.3) is 0 Å². The van der Waals surface area contributed by atoms with Gasteiger partial charge in [0, 0.05) is 65.4 Å². The second-order valence-corrected chi connectivity index (χ2v) is 14.0. The first-order valence-electron chi connectivity index (χ1n) is 15.1. The van der Waals surface area contributed by atoms with Crippen molar-refractivity contribution < 1.29 is 18.8 Å². The highest BCUT2D eigenvalue weighted by Gasteiger charge is 2.52. The summed E-state index contributed by atoms with van der Waals surface area (Å²) in [5.74, 6) is 1.71. The number of aromatic nitrogens is 6. The lowest BCUT2D eigenvalue weighted by Crippen LogP contribution is -2.41. The normalized spacial score (nSPS) is 19.0. The molecule has 0 spiro atoms. The number of morpholine rings is 1. The molecule has 0 aliphatic carbocycles. The number of aryl methyl sites for hydroxylation is 1. The van der Waals surface area contributed by atoms with Gasteiger partial charge in [0.05, 0.1) is 43.3 Å². The smallest absolute Gasteiger partial charge is 0.492 e. The number of hydrogen-bond acceptors (Lipinski definition) is 10. The molecule has 2 fully saturated rings. The van der Waals surface area contributed by atoms with Crippen LogP contribution in [0.1, 0.15) is 39.5 Å². The minimum absolute atomic E-state index is 0.312. The molecule has 0 atom stereocenters. The van der Waals surface area contributed by atoms with Crippen molar-refractivity contribution in [3.63, 3.8) is 0 Å². The van der Waals surface area contributed by atoms with E-state index in [2.05, 4.69) is 76.7 Å². The lowest BCUT2D eigenvalue weighted by atomic mass is 9.82.